The van der Waals surface area contributed by atoms with Crippen LogP contribution >= 0.6 is 51.2 Å². The molecular weight excluding hydrogens is 508 g/mol. The van der Waals surface area contributed by atoms with Crippen molar-refractivity contribution in [2.75, 3.05) is 14.1 Å². The third kappa shape index (κ3) is 5.98. The lowest BCUT2D eigenvalue weighted by atomic mass is 10.1. The smallest absolute Gasteiger partial charge is 0.193 e. The Morgan fingerprint density at radius 3 is 2.71 bits per heavy atom. The number of nitrogens with one attached hydrogen (secondary N) is 1. The molecule has 24 heavy (non-hydrogen) atoms. The third-order valence-corrected chi connectivity index (χ3v) is 4.93. The van der Waals surface area contributed by atoms with Crippen molar-refractivity contribution in [1.82, 2.24) is 10.2 Å². The fraction of sp³-hybridized carbons (Fsp3) is 0.312. The minimum Gasteiger partial charge on any atom is -0.392 e. The molecular formula is C16H20BrFIN3OS. The number of halogens is 3. The van der Waals surface area contributed by atoms with E-state index in [1.54, 1.807) is 30.5 Å². The Hall–Kier alpha value is -0.710. The SMILES string of the molecule is CN=C(NCc1ccc(F)c(CO)c1)N(C)Cc1ccc(Br)s1.I. The van der Waals surface area contributed by atoms with Gasteiger partial charge in [0.1, 0.15) is 5.82 Å². The molecule has 0 unspecified atom stereocenters. The number of nitrogens with zero attached hydrogens (tertiary/aromatic N) is 2. The Balaban J connectivity index is 0.00000288. The standard InChI is InChI=1S/C16H19BrFN3OS.HI/c1-19-16(21(2)9-13-4-6-15(17)23-13)20-8-11-3-5-14(18)12(7-11)10-22;/h3-7,22H,8-10H2,1-2H3,(H,19,20);1H. The summed E-state index contributed by atoms with van der Waals surface area (Å²) in [4.78, 5) is 7.52. The highest BCUT2D eigenvalue weighted by molar-refractivity contribution is 14.0. The number of aliphatic imine (C=N–C) groups is 1. The summed E-state index contributed by atoms with van der Waals surface area (Å²) in [6.07, 6.45) is 0. The second-order valence-corrected chi connectivity index (χ2v) is 7.59. The van der Waals surface area contributed by atoms with E-state index in [0.29, 0.717) is 12.1 Å². The van der Waals surface area contributed by atoms with Crippen molar-refractivity contribution in [3.63, 3.8) is 0 Å². The molecule has 0 saturated carbocycles. The van der Waals surface area contributed by atoms with Crippen LogP contribution in [0.5, 0.6) is 0 Å². The molecule has 0 atom stereocenters. The third-order valence-electron chi connectivity index (χ3n) is 3.33. The van der Waals surface area contributed by atoms with Gasteiger partial charge in [0, 0.05) is 31.1 Å². The summed E-state index contributed by atoms with van der Waals surface area (Å²) in [6, 6.07) is 8.83. The molecule has 0 fully saturated rings. The van der Waals surface area contributed by atoms with E-state index >= 15 is 0 Å². The van der Waals surface area contributed by atoms with Gasteiger partial charge in [0.15, 0.2) is 5.96 Å². The molecule has 8 heteroatoms. The topological polar surface area (TPSA) is 47.9 Å². The van der Waals surface area contributed by atoms with Gasteiger partial charge < -0.3 is 15.3 Å². The van der Waals surface area contributed by atoms with Crippen molar-refractivity contribution in [3.8, 4) is 0 Å². The van der Waals surface area contributed by atoms with Crippen molar-refractivity contribution < 1.29 is 9.50 Å². The highest BCUT2D eigenvalue weighted by atomic mass is 127. The molecule has 2 rings (SSSR count). The van der Waals surface area contributed by atoms with Crippen molar-refractivity contribution in [2.24, 2.45) is 4.99 Å². The highest BCUT2D eigenvalue weighted by Gasteiger charge is 2.09. The van der Waals surface area contributed by atoms with E-state index < -0.39 is 0 Å². The van der Waals surface area contributed by atoms with Gasteiger partial charge in [-0.2, -0.15) is 0 Å². The summed E-state index contributed by atoms with van der Waals surface area (Å²) in [5.41, 5.74) is 1.19. The largest absolute Gasteiger partial charge is 0.392 e. The van der Waals surface area contributed by atoms with Crippen molar-refractivity contribution in [1.29, 1.82) is 0 Å². The summed E-state index contributed by atoms with van der Waals surface area (Å²) in [5.74, 6) is 0.366. The normalized spacial score (nSPS) is 11.1. The Bertz CT molecular complexity index is 696. The number of hydrogen-bond donors (Lipinski definition) is 2. The van der Waals surface area contributed by atoms with Gasteiger partial charge in [-0.25, -0.2) is 4.39 Å². The average molecular weight is 528 g/mol. The number of hydrogen-bond acceptors (Lipinski definition) is 3. The summed E-state index contributed by atoms with van der Waals surface area (Å²) in [6.45, 7) is 0.960. The first kappa shape index (κ1) is 21.3. The zero-order chi connectivity index (χ0) is 16.8. The van der Waals surface area contributed by atoms with Gasteiger partial charge in [0.05, 0.1) is 16.9 Å². The summed E-state index contributed by atoms with van der Waals surface area (Å²) >= 11 is 5.15. The van der Waals surface area contributed by atoms with Crippen molar-refractivity contribution in [3.05, 3.63) is 55.9 Å². The molecule has 0 bridgehead atoms. The Morgan fingerprint density at radius 1 is 1.38 bits per heavy atom. The Labute approximate surface area is 170 Å². The molecule has 0 radical (unpaired) electrons. The van der Waals surface area contributed by atoms with Crippen LogP contribution in [0.1, 0.15) is 16.0 Å². The first-order chi connectivity index (χ1) is 11.0. The molecule has 2 aromatic rings. The average Bonchev–Trinajstić information content (AvgIpc) is 2.94. The van der Waals surface area contributed by atoms with Crippen LogP contribution in [0.2, 0.25) is 0 Å². The number of aliphatic hydroxyl groups is 1. The van der Waals surface area contributed by atoms with Crippen LogP contribution in [0.4, 0.5) is 4.39 Å². The molecule has 1 aromatic carbocycles. The van der Waals surface area contributed by atoms with Crippen LogP contribution in [0.25, 0.3) is 0 Å². The highest BCUT2D eigenvalue weighted by Crippen LogP contribution is 2.23. The minimum absolute atomic E-state index is 0. The van der Waals surface area contributed by atoms with Crippen LogP contribution in [0.3, 0.4) is 0 Å². The van der Waals surface area contributed by atoms with E-state index in [4.69, 9.17) is 5.11 Å². The van der Waals surface area contributed by atoms with Gasteiger partial charge in [-0.1, -0.05) is 6.07 Å². The zero-order valence-corrected chi connectivity index (χ0v) is 18.2. The first-order valence-electron chi connectivity index (χ1n) is 7.07. The summed E-state index contributed by atoms with van der Waals surface area (Å²) < 4.78 is 14.5. The molecule has 1 heterocycles. The summed E-state index contributed by atoms with van der Waals surface area (Å²) in [5, 5.41) is 12.4. The van der Waals surface area contributed by atoms with Crippen molar-refractivity contribution >= 4 is 57.2 Å². The number of guanidine groups is 1. The second kappa shape index (κ2) is 10.3. The molecule has 2 N–H and O–H groups in total. The lowest BCUT2D eigenvalue weighted by molar-refractivity contribution is 0.275. The lowest BCUT2D eigenvalue weighted by Crippen LogP contribution is -2.37. The molecule has 132 valence electrons. The van der Waals surface area contributed by atoms with Crippen LogP contribution < -0.4 is 5.32 Å². The predicted molar refractivity (Wildman–Crippen MR) is 111 cm³/mol. The molecule has 4 nitrogen and oxygen atoms in total. The Kier molecular flexibility index (Phi) is 9.17. The van der Waals surface area contributed by atoms with Gasteiger partial charge in [0.25, 0.3) is 0 Å². The van der Waals surface area contributed by atoms with E-state index in [-0.39, 0.29) is 36.4 Å². The van der Waals surface area contributed by atoms with Gasteiger partial charge in [-0.3, -0.25) is 4.99 Å². The maximum absolute atomic E-state index is 13.4. The van der Waals surface area contributed by atoms with E-state index in [2.05, 4.69) is 32.3 Å². The van der Waals surface area contributed by atoms with Gasteiger partial charge in [0.2, 0.25) is 0 Å². The van der Waals surface area contributed by atoms with Gasteiger partial charge in [-0.05, 0) is 45.8 Å². The number of rotatable bonds is 5. The number of aliphatic hydroxyl groups excluding tert-OH is 1. The predicted octanol–water partition coefficient (Wildman–Crippen LogP) is 3.97. The first-order valence-corrected chi connectivity index (χ1v) is 8.68. The van der Waals surface area contributed by atoms with Crippen molar-refractivity contribution in [2.45, 2.75) is 19.7 Å². The van der Waals surface area contributed by atoms with Gasteiger partial charge in [-0.15, -0.1) is 35.3 Å². The minimum atomic E-state index is -0.388. The molecule has 1 aromatic heterocycles. The lowest BCUT2D eigenvalue weighted by Gasteiger charge is -2.21. The number of benzene rings is 1. The maximum atomic E-state index is 13.4. The molecule has 0 aliphatic rings. The van der Waals surface area contributed by atoms with Crippen LogP contribution in [0.15, 0.2) is 39.1 Å². The van der Waals surface area contributed by atoms with Crippen LogP contribution in [-0.2, 0) is 19.7 Å². The molecule has 0 aliphatic carbocycles. The molecule has 0 amide bonds. The second-order valence-electron chi connectivity index (χ2n) is 5.05. The fourth-order valence-corrected chi connectivity index (χ4v) is 3.71. The fourth-order valence-electron chi connectivity index (χ4n) is 2.17. The van der Waals surface area contributed by atoms with E-state index in [1.165, 1.54) is 10.9 Å². The molecule has 0 saturated heterocycles. The number of thiophene rings is 1. The van der Waals surface area contributed by atoms with Crippen LogP contribution in [-0.4, -0.2) is 30.1 Å². The van der Waals surface area contributed by atoms with Gasteiger partial charge >= 0.3 is 0 Å². The van der Waals surface area contributed by atoms with E-state index in [1.807, 2.05) is 18.0 Å². The maximum Gasteiger partial charge on any atom is 0.193 e. The Morgan fingerprint density at radius 2 is 2.12 bits per heavy atom. The van der Waals surface area contributed by atoms with Crippen LogP contribution in [0, 0.1) is 5.82 Å². The summed E-state index contributed by atoms with van der Waals surface area (Å²) in [7, 11) is 3.69. The zero-order valence-electron chi connectivity index (χ0n) is 13.4. The molecule has 0 aliphatic heterocycles. The quantitative estimate of drug-likeness (QED) is 0.351. The molecule has 0 spiro atoms. The monoisotopic (exact) mass is 527 g/mol. The van der Waals surface area contributed by atoms with E-state index in [0.717, 1.165) is 21.9 Å². The van der Waals surface area contributed by atoms with E-state index in [9.17, 15) is 4.39 Å².